The van der Waals surface area contributed by atoms with Crippen LogP contribution >= 0.6 is 0 Å². The third kappa shape index (κ3) is 6.05. The number of hydrogen-bond donors (Lipinski definition) is 1. The highest BCUT2D eigenvalue weighted by molar-refractivity contribution is 5.92. The van der Waals surface area contributed by atoms with E-state index < -0.39 is 0 Å². The Balaban J connectivity index is 1.81. The number of hydrogen-bond acceptors (Lipinski definition) is 3. The van der Waals surface area contributed by atoms with Crippen molar-refractivity contribution in [3.63, 3.8) is 0 Å². The second kappa shape index (κ2) is 9.08. The van der Waals surface area contributed by atoms with Gasteiger partial charge in [0.15, 0.2) is 0 Å². The van der Waals surface area contributed by atoms with Crippen molar-refractivity contribution in [2.45, 2.75) is 32.9 Å². The Morgan fingerprint density at radius 3 is 2.42 bits per heavy atom. The van der Waals surface area contributed by atoms with Gasteiger partial charge in [-0.3, -0.25) is 9.69 Å². The van der Waals surface area contributed by atoms with Crippen LogP contribution in [0.25, 0.3) is 0 Å². The summed E-state index contributed by atoms with van der Waals surface area (Å²) in [5.41, 5.74) is 1.98. The van der Waals surface area contributed by atoms with Crippen LogP contribution in [0.2, 0.25) is 0 Å². The van der Waals surface area contributed by atoms with Gasteiger partial charge in [0, 0.05) is 12.2 Å². The molecule has 0 fully saturated rings. The summed E-state index contributed by atoms with van der Waals surface area (Å²) in [5, 5.41) is 2.92. The third-order valence-electron chi connectivity index (χ3n) is 3.76. The van der Waals surface area contributed by atoms with Gasteiger partial charge < -0.3 is 10.1 Å². The number of ether oxygens (including phenoxy) is 1. The molecular weight excluding hydrogens is 300 g/mol. The molecule has 2 aromatic rings. The van der Waals surface area contributed by atoms with E-state index in [1.54, 1.807) is 0 Å². The Morgan fingerprint density at radius 2 is 1.79 bits per heavy atom. The zero-order valence-electron chi connectivity index (χ0n) is 14.7. The molecule has 0 aliphatic rings. The van der Waals surface area contributed by atoms with Gasteiger partial charge in [-0.1, -0.05) is 37.3 Å². The molecule has 1 atom stereocenters. The predicted octanol–water partition coefficient (Wildman–Crippen LogP) is 3.93. The lowest BCUT2D eigenvalue weighted by Crippen LogP contribution is -2.29. The smallest absolute Gasteiger partial charge is 0.238 e. The second-order valence-electron chi connectivity index (χ2n) is 6.07. The summed E-state index contributed by atoms with van der Waals surface area (Å²) in [5.74, 6) is 0.799. The van der Waals surface area contributed by atoms with Crippen molar-refractivity contribution in [1.29, 1.82) is 0 Å². The predicted molar refractivity (Wildman–Crippen MR) is 98.2 cm³/mol. The van der Waals surface area contributed by atoms with Crippen LogP contribution in [0.3, 0.4) is 0 Å². The Bertz CT molecular complexity index is 626. The van der Waals surface area contributed by atoms with E-state index in [-0.39, 0.29) is 12.0 Å². The van der Waals surface area contributed by atoms with E-state index in [9.17, 15) is 4.79 Å². The Kier molecular flexibility index (Phi) is 6.82. The Labute approximate surface area is 144 Å². The summed E-state index contributed by atoms with van der Waals surface area (Å²) in [6, 6.07) is 17.6. The maximum atomic E-state index is 12.1. The first-order chi connectivity index (χ1) is 11.6. The van der Waals surface area contributed by atoms with E-state index in [0.717, 1.165) is 24.4 Å². The number of nitrogens with zero attached hydrogens (tertiary/aromatic N) is 1. The van der Waals surface area contributed by atoms with Gasteiger partial charge in [0.05, 0.1) is 12.6 Å². The van der Waals surface area contributed by atoms with Crippen LogP contribution in [-0.2, 0) is 11.3 Å². The van der Waals surface area contributed by atoms with Gasteiger partial charge >= 0.3 is 0 Å². The highest BCUT2D eigenvalue weighted by Gasteiger charge is 2.08. The van der Waals surface area contributed by atoms with Gasteiger partial charge in [-0.25, -0.2) is 0 Å². The second-order valence-corrected chi connectivity index (χ2v) is 6.07. The van der Waals surface area contributed by atoms with Crippen molar-refractivity contribution in [2.24, 2.45) is 0 Å². The van der Waals surface area contributed by atoms with Gasteiger partial charge in [0.1, 0.15) is 5.75 Å². The maximum absolute atomic E-state index is 12.1. The first-order valence-corrected chi connectivity index (χ1v) is 8.36. The number of rotatable bonds is 8. The molecule has 2 rings (SSSR count). The fourth-order valence-electron chi connectivity index (χ4n) is 2.33. The SMILES string of the molecule is CCC(C)Oc1ccc(NC(=O)CN(C)Cc2ccccc2)cc1. The van der Waals surface area contributed by atoms with E-state index in [0.29, 0.717) is 6.54 Å². The average Bonchev–Trinajstić information content (AvgIpc) is 2.57. The number of likely N-dealkylation sites (N-methyl/N-ethyl adjacent to an activating group) is 1. The van der Waals surface area contributed by atoms with Crippen LogP contribution in [0.4, 0.5) is 5.69 Å². The van der Waals surface area contributed by atoms with E-state index in [2.05, 4.69) is 24.4 Å². The van der Waals surface area contributed by atoms with Gasteiger partial charge in [-0.15, -0.1) is 0 Å². The number of amides is 1. The van der Waals surface area contributed by atoms with Crippen molar-refractivity contribution in [3.8, 4) is 5.75 Å². The standard InChI is InChI=1S/C20H26N2O2/c1-4-16(2)24-19-12-10-18(11-13-19)21-20(23)15-22(3)14-17-8-6-5-7-9-17/h5-13,16H,4,14-15H2,1-3H3,(H,21,23). The Hall–Kier alpha value is -2.33. The van der Waals surface area contributed by atoms with Gasteiger partial charge in [0.2, 0.25) is 5.91 Å². The van der Waals surface area contributed by atoms with Crippen LogP contribution in [0.5, 0.6) is 5.75 Å². The lowest BCUT2D eigenvalue weighted by atomic mass is 10.2. The van der Waals surface area contributed by atoms with E-state index >= 15 is 0 Å². The minimum absolute atomic E-state index is 0.0241. The first-order valence-electron chi connectivity index (χ1n) is 8.36. The quantitative estimate of drug-likeness (QED) is 0.799. The van der Waals surface area contributed by atoms with Gasteiger partial charge in [-0.05, 0) is 50.2 Å². The number of anilines is 1. The highest BCUT2D eigenvalue weighted by Crippen LogP contribution is 2.17. The average molecular weight is 326 g/mol. The van der Waals surface area contributed by atoms with Crippen LogP contribution in [-0.4, -0.2) is 30.5 Å². The van der Waals surface area contributed by atoms with E-state index in [1.807, 2.05) is 61.3 Å². The molecule has 0 saturated carbocycles. The molecule has 0 bridgehead atoms. The molecule has 0 radical (unpaired) electrons. The molecule has 1 N–H and O–H groups in total. The normalized spacial score (nSPS) is 12.0. The van der Waals surface area contributed by atoms with Gasteiger partial charge in [-0.2, -0.15) is 0 Å². The van der Waals surface area contributed by atoms with Crippen molar-refractivity contribution in [3.05, 3.63) is 60.2 Å². The molecule has 24 heavy (non-hydrogen) atoms. The number of benzene rings is 2. The largest absolute Gasteiger partial charge is 0.491 e. The van der Waals surface area contributed by atoms with Crippen LogP contribution in [0.15, 0.2) is 54.6 Å². The lowest BCUT2D eigenvalue weighted by Gasteiger charge is -2.17. The van der Waals surface area contributed by atoms with E-state index in [4.69, 9.17) is 4.74 Å². The monoisotopic (exact) mass is 326 g/mol. The topological polar surface area (TPSA) is 41.6 Å². The molecule has 4 heteroatoms. The lowest BCUT2D eigenvalue weighted by molar-refractivity contribution is -0.117. The number of carbonyl (C=O) groups excluding carboxylic acids is 1. The molecule has 1 amide bonds. The fourth-order valence-corrected chi connectivity index (χ4v) is 2.33. The molecule has 0 aliphatic heterocycles. The number of nitrogens with one attached hydrogen (secondary N) is 1. The van der Waals surface area contributed by atoms with Crippen molar-refractivity contribution in [1.82, 2.24) is 4.90 Å². The summed E-state index contributed by atoms with van der Waals surface area (Å²) in [4.78, 5) is 14.1. The van der Waals surface area contributed by atoms with Crippen molar-refractivity contribution >= 4 is 11.6 Å². The van der Waals surface area contributed by atoms with E-state index in [1.165, 1.54) is 5.56 Å². The van der Waals surface area contributed by atoms with Crippen LogP contribution in [0.1, 0.15) is 25.8 Å². The molecule has 0 aromatic heterocycles. The molecule has 1 unspecified atom stereocenters. The van der Waals surface area contributed by atoms with Crippen molar-refractivity contribution < 1.29 is 9.53 Å². The minimum atomic E-state index is -0.0241. The summed E-state index contributed by atoms with van der Waals surface area (Å²) < 4.78 is 5.73. The molecule has 0 saturated heterocycles. The highest BCUT2D eigenvalue weighted by atomic mass is 16.5. The first kappa shape index (κ1) is 18.0. The van der Waals surface area contributed by atoms with Crippen LogP contribution < -0.4 is 10.1 Å². The maximum Gasteiger partial charge on any atom is 0.238 e. The summed E-state index contributed by atoms with van der Waals surface area (Å²) >= 11 is 0. The van der Waals surface area contributed by atoms with Crippen molar-refractivity contribution in [2.75, 3.05) is 18.9 Å². The van der Waals surface area contributed by atoms with Crippen LogP contribution in [0, 0.1) is 0 Å². The molecule has 128 valence electrons. The number of carbonyl (C=O) groups is 1. The summed E-state index contributed by atoms with van der Waals surface area (Å²) in [7, 11) is 1.94. The van der Waals surface area contributed by atoms with Gasteiger partial charge in [0.25, 0.3) is 0 Å². The molecule has 0 heterocycles. The molecular formula is C20H26N2O2. The summed E-state index contributed by atoms with van der Waals surface area (Å²) in [6.07, 6.45) is 1.16. The minimum Gasteiger partial charge on any atom is -0.491 e. The zero-order chi connectivity index (χ0) is 17.4. The Morgan fingerprint density at radius 1 is 1.12 bits per heavy atom. The molecule has 2 aromatic carbocycles. The fraction of sp³-hybridized carbons (Fsp3) is 0.350. The third-order valence-corrected chi connectivity index (χ3v) is 3.76. The molecule has 0 spiro atoms. The molecule has 0 aliphatic carbocycles. The zero-order valence-corrected chi connectivity index (χ0v) is 14.7. The summed E-state index contributed by atoms with van der Waals surface area (Å²) in [6.45, 7) is 5.22. The molecule has 4 nitrogen and oxygen atoms in total.